The van der Waals surface area contributed by atoms with E-state index in [4.69, 9.17) is 0 Å². The first kappa shape index (κ1) is 12.5. The van der Waals surface area contributed by atoms with Gasteiger partial charge in [-0.15, -0.1) is 0 Å². The molecule has 1 aliphatic heterocycles. The van der Waals surface area contributed by atoms with E-state index in [-0.39, 0.29) is 0 Å². The van der Waals surface area contributed by atoms with Crippen LogP contribution < -0.4 is 4.90 Å². The quantitative estimate of drug-likeness (QED) is 0.784. The van der Waals surface area contributed by atoms with Gasteiger partial charge >= 0.3 is 0 Å². The Bertz CT molecular complexity index is 708. The van der Waals surface area contributed by atoms with Gasteiger partial charge in [-0.05, 0) is 42.7 Å². The van der Waals surface area contributed by atoms with Crippen LogP contribution in [0.25, 0.3) is 0 Å². The molecule has 0 atom stereocenters. The maximum atomic E-state index is 12.2. The predicted octanol–water partition coefficient (Wildman–Crippen LogP) is 2.43. The summed E-state index contributed by atoms with van der Waals surface area (Å²) in [5.41, 5.74) is 4.04. The number of ketones is 1. The molecule has 4 heteroatoms. The van der Waals surface area contributed by atoms with Gasteiger partial charge in [0, 0.05) is 12.4 Å². The number of carbonyl (C=O) groups excluding carboxylic acids is 2. The summed E-state index contributed by atoms with van der Waals surface area (Å²) in [5.74, 6) is -0.857. The molecule has 1 amide bonds. The molecule has 4 nitrogen and oxygen atoms in total. The van der Waals surface area contributed by atoms with Gasteiger partial charge in [0.25, 0.3) is 11.7 Å². The Morgan fingerprint density at radius 2 is 1.65 bits per heavy atom. The second-order valence-electron chi connectivity index (χ2n) is 5.00. The number of benzene rings is 1. The lowest BCUT2D eigenvalue weighted by atomic mass is 10.0. The molecular formula is C16H14N2O2. The number of amides is 1. The minimum absolute atomic E-state index is 0.393. The molecule has 0 fully saturated rings. The number of hydrogen-bond donors (Lipinski definition) is 0. The van der Waals surface area contributed by atoms with Crippen LogP contribution >= 0.6 is 0 Å². The summed E-state index contributed by atoms with van der Waals surface area (Å²) < 4.78 is 0. The van der Waals surface area contributed by atoms with Gasteiger partial charge < -0.3 is 4.90 Å². The summed E-state index contributed by atoms with van der Waals surface area (Å²) in [6, 6.07) is 7.52. The number of anilines is 1. The van der Waals surface area contributed by atoms with Crippen LogP contribution in [0.4, 0.5) is 5.69 Å². The van der Waals surface area contributed by atoms with Crippen LogP contribution in [0.3, 0.4) is 0 Å². The molecular weight excluding hydrogens is 252 g/mol. The Kier molecular flexibility index (Phi) is 2.86. The largest absolute Gasteiger partial charge is 0.300 e. The van der Waals surface area contributed by atoms with Crippen molar-refractivity contribution in [2.75, 3.05) is 4.90 Å². The van der Waals surface area contributed by atoms with Gasteiger partial charge in [-0.3, -0.25) is 14.6 Å². The van der Waals surface area contributed by atoms with E-state index in [0.717, 1.165) is 22.4 Å². The Morgan fingerprint density at radius 1 is 1.00 bits per heavy atom. The summed E-state index contributed by atoms with van der Waals surface area (Å²) in [6.07, 6.45) is 3.36. The first-order valence-corrected chi connectivity index (χ1v) is 6.45. The number of pyridine rings is 1. The van der Waals surface area contributed by atoms with E-state index < -0.39 is 11.7 Å². The van der Waals surface area contributed by atoms with Gasteiger partial charge in [0.2, 0.25) is 0 Å². The summed E-state index contributed by atoms with van der Waals surface area (Å²) in [5, 5.41) is 0. The number of hydrogen-bond acceptors (Lipinski definition) is 3. The third kappa shape index (κ3) is 1.81. The van der Waals surface area contributed by atoms with Crippen LogP contribution in [-0.2, 0) is 11.3 Å². The zero-order valence-corrected chi connectivity index (χ0v) is 11.4. The summed E-state index contributed by atoms with van der Waals surface area (Å²) in [7, 11) is 0. The topological polar surface area (TPSA) is 50.3 Å². The van der Waals surface area contributed by atoms with E-state index >= 15 is 0 Å². The molecule has 100 valence electrons. The fourth-order valence-corrected chi connectivity index (χ4v) is 2.58. The Labute approximate surface area is 117 Å². The van der Waals surface area contributed by atoms with Crippen molar-refractivity contribution in [2.45, 2.75) is 20.4 Å². The van der Waals surface area contributed by atoms with Crippen molar-refractivity contribution in [3.63, 3.8) is 0 Å². The second-order valence-corrected chi connectivity index (χ2v) is 5.00. The van der Waals surface area contributed by atoms with Gasteiger partial charge in [-0.25, -0.2) is 0 Å². The Balaban J connectivity index is 2.09. The van der Waals surface area contributed by atoms with Crippen molar-refractivity contribution in [2.24, 2.45) is 0 Å². The highest BCUT2D eigenvalue weighted by atomic mass is 16.2. The number of nitrogens with zero attached hydrogens (tertiary/aromatic N) is 2. The van der Waals surface area contributed by atoms with Gasteiger partial charge in [0.05, 0.1) is 17.8 Å². The normalized spacial score (nSPS) is 13.8. The van der Waals surface area contributed by atoms with Crippen LogP contribution in [0.2, 0.25) is 0 Å². The van der Waals surface area contributed by atoms with E-state index in [9.17, 15) is 9.59 Å². The van der Waals surface area contributed by atoms with Crippen molar-refractivity contribution in [1.82, 2.24) is 4.98 Å². The van der Waals surface area contributed by atoms with Gasteiger partial charge in [-0.1, -0.05) is 12.1 Å². The molecule has 3 rings (SSSR count). The van der Waals surface area contributed by atoms with Gasteiger partial charge in [0.1, 0.15) is 0 Å². The monoisotopic (exact) mass is 266 g/mol. The van der Waals surface area contributed by atoms with Gasteiger partial charge in [-0.2, -0.15) is 0 Å². The highest BCUT2D eigenvalue weighted by Gasteiger charge is 2.37. The van der Waals surface area contributed by atoms with Gasteiger partial charge in [0.15, 0.2) is 0 Å². The lowest BCUT2D eigenvalue weighted by Gasteiger charge is -2.18. The van der Waals surface area contributed by atoms with Crippen molar-refractivity contribution >= 4 is 17.4 Å². The van der Waals surface area contributed by atoms with Crippen molar-refractivity contribution in [3.8, 4) is 0 Å². The number of Topliss-reactive ketones (excluding diaryl/α,β-unsaturated/α-hetero) is 1. The Hall–Kier alpha value is -2.49. The third-order valence-corrected chi connectivity index (χ3v) is 3.61. The first-order chi connectivity index (χ1) is 9.59. The zero-order chi connectivity index (χ0) is 14.3. The summed E-state index contributed by atoms with van der Waals surface area (Å²) in [4.78, 5) is 29.9. The molecule has 0 bridgehead atoms. The maximum absolute atomic E-state index is 12.2. The van der Waals surface area contributed by atoms with E-state index in [1.165, 1.54) is 0 Å². The molecule has 0 spiro atoms. The van der Waals surface area contributed by atoms with Crippen LogP contribution in [0.1, 0.15) is 27.0 Å². The number of rotatable bonds is 2. The van der Waals surface area contributed by atoms with E-state index in [1.807, 2.05) is 38.1 Å². The minimum atomic E-state index is -0.450. The standard InChI is InChI=1S/C16H14N2O2/c1-10-3-4-11(2)14-13(10)15(19)16(20)18(14)9-12-5-7-17-8-6-12/h3-8H,9H2,1-2H3. The molecule has 0 saturated heterocycles. The smallest absolute Gasteiger partial charge is 0.299 e. The number of aromatic nitrogens is 1. The molecule has 2 heterocycles. The van der Waals surface area contributed by atoms with Crippen LogP contribution in [0, 0.1) is 13.8 Å². The highest BCUT2D eigenvalue weighted by molar-refractivity contribution is 6.52. The lowest BCUT2D eigenvalue weighted by Crippen LogP contribution is -2.29. The average Bonchev–Trinajstić information content (AvgIpc) is 2.70. The van der Waals surface area contributed by atoms with E-state index in [1.54, 1.807) is 17.3 Å². The van der Waals surface area contributed by atoms with Crippen LogP contribution in [0.15, 0.2) is 36.7 Å². The van der Waals surface area contributed by atoms with E-state index in [2.05, 4.69) is 4.98 Å². The fraction of sp³-hybridized carbons (Fsp3) is 0.188. The third-order valence-electron chi connectivity index (χ3n) is 3.61. The maximum Gasteiger partial charge on any atom is 0.299 e. The number of carbonyl (C=O) groups is 2. The predicted molar refractivity (Wildman–Crippen MR) is 75.7 cm³/mol. The molecule has 0 aliphatic carbocycles. The zero-order valence-electron chi connectivity index (χ0n) is 11.4. The molecule has 0 unspecified atom stereocenters. The van der Waals surface area contributed by atoms with Crippen molar-refractivity contribution in [1.29, 1.82) is 0 Å². The first-order valence-electron chi connectivity index (χ1n) is 6.45. The van der Waals surface area contributed by atoms with E-state index in [0.29, 0.717) is 12.1 Å². The summed E-state index contributed by atoms with van der Waals surface area (Å²) >= 11 is 0. The molecule has 0 N–H and O–H groups in total. The molecule has 1 aromatic carbocycles. The molecule has 0 radical (unpaired) electrons. The molecule has 20 heavy (non-hydrogen) atoms. The minimum Gasteiger partial charge on any atom is -0.300 e. The molecule has 2 aromatic rings. The van der Waals surface area contributed by atoms with Crippen LogP contribution in [-0.4, -0.2) is 16.7 Å². The number of aryl methyl sites for hydroxylation is 2. The highest BCUT2D eigenvalue weighted by Crippen LogP contribution is 2.35. The van der Waals surface area contributed by atoms with Crippen molar-refractivity contribution in [3.05, 3.63) is 58.9 Å². The fourth-order valence-electron chi connectivity index (χ4n) is 2.58. The molecule has 1 aromatic heterocycles. The number of fused-ring (bicyclic) bond motifs is 1. The summed E-state index contributed by atoms with van der Waals surface area (Å²) in [6.45, 7) is 4.17. The molecule has 1 aliphatic rings. The Morgan fingerprint density at radius 3 is 2.35 bits per heavy atom. The molecule has 0 saturated carbocycles. The lowest BCUT2D eigenvalue weighted by molar-refractivity contribution is -0.114. The van der Waals surface area contributed by atoms with Crippen molar-refractivity contribution < 1.29 is 9.59 Å². The average molecular weight is 266 g/mol. The second kappa shape index (κ2) is 4.56. The SMILES string of the molecule is Cc1ccc(C)c2c1C(=O)C(=O)N2Cc1ccncc1. The van der Waals surface area contributed by atoms with Crippen LogP contribution in [0.5, 0.6) is 0 Å².